The normalized spacial score (nSPS) is 12.2. The first-order chi connectivity index (χ1) is 7.40. The summed E-state index contributed by atoms with van der Waals surface area (Å²) in [5, 5.41) is 11.2. The number of carboxylic acid groups (broad SMARTS) is 1. The molecule has 0 saturated heterocycles. The zero-order chi connectivity index (χ0) is 12.3. The van der Waals surface area contributed by atoms with E-state index in [1.807, 2.05) is 0 Å². The number of aliphatic carboxylic acids is 1. The van der Waals surface area contributed by atoms with Gasteiger partial charge < -0.3 is 14.8 Å². The van der Waals surface area contributed by atoms with Crippen LogP contribution in [0.3, 0.4) is 0 Å². The second-order valence-electron chi connectivity index (χ2n) is 3.12. The summed E-state index contributed by atoms with van der Waals surface area (Å²) >= 11 is 6.36. The van der Waals surface area contributed by atoms with E-state index in [0.717, 1.165) is 0 Å². The number of nitrogens with one attached hydrogen (secondary N) is 1. The molecule has 16 heavy (non-hydrogen) atoms. The van der Waals surface area contributed by atoms with Crippen molar-refractivity contribution in [3.63, 3.8) is 0 Å². The second-order valence-corrected chi connectivity index (χ2v) is 4.70. The van der Waals surface area contributed by atoms with Crippen molar-refractivity contribution in [2.24, 2.45) is 0 Å². The van der Waals surface area contributed by atoms with Crippen LogP contribution in [0.2, 0.25) is 0 Å². The van der Waals surface area contributed by atoms with Crippen molar-refractivity contribution in [2.45, 2.75) is 19.4 Å². The SMILES string of the molecule is CC(=O)NC(CC(=O)O)c1cc(Br)c(Br)o1. The predicted molar refractivity (Wildman–Crippen MR) is 62.9 cm³/mol. The third-order valence-electron chi connectivity index (χ3n) is 1.76. The maximum Gasteiger partial charge on any atom is 0.305 e. The van der Waals surface area contributed by atoms with Crippen molar-refractivity contribution in [3.05, 3.63) is 21.0 Å². The average molecular weight is 355 g/mol. The number of hydrogen-bond acceptors (Lipinski definition) is 3. The first-order valence-corrected chi connectivity index (χ1v) is 5.92. The molecule has 1 heterocycles. The fourth-order valence-corrected chi connectivity index (χ4v) is 1.79. The third kappa shape index (κ3) is 3.64. The minimum Gasteiger partial charge on any atom is -0.481 e. The van der Waals surface area contributed by atoms with Crippen LogP contribution in [-0.4, -0.2) is 17.0 Å². The molecular weight excluding hydrogens is 346 g/mol. The van der Waals surface area contributed by atoms with E-state index in [1.165, 1.54) is 6.92 Å². The first kappa shape index (κ1) is 13.2. The molecule has 2 N–H and O–H groups in total. The number of rotatable bonds is 4. The quantitative estimate of drug-likeness (QED) is 0.870. The lowest BCUT2D eigenvalue weighted by Gasteiger charge is -2.12. The minimum absolute atomic E-state index is 0.230. The van der Waals surface area contributed by atoms with Crippen molar-refractivity contribution in [3.8, 4) is 0 Å². The van der Waals surface area contributed by atoms with Crippen molar-refractivity contribution in [2.75, 3.05) is 0 Å². The molecule has 0 aromatic carbocycles. The third-order valence-corrected chi connectivity index (χ3v) is 3.47. The van der Waals surface area contributed by atoms with Crippen LogP contribution in [0.25, 0.3) is 0 Å². The molecule has 7 heteroatoms. The molecule has 0 spiro atoms. The van der Waals surface area contributed by atoms with Gasteiger partial charge in [0, 0.05) is 6.92 Å². The molecule has 0 aliphatic heterocycles. The highest BCUT2D eigenvalue weighted by molar-refractivity contribution is 9.13. The molecule has 1 aromatic rings. The molecule has 1 rings (SSSR count). The van der Waals surface area contributed by atoms with Gasteiger partial charge in [-0.25, -0.2) is 0 Å². The number of carboxylic acids is 1. The molecule has 0 aliphatic carbocycles. The molecule has 88 valence electrons. The van der Waals surface area contributed by atoms with Gasteiger partial charge in [-0.05, 0) is 37.9 Å². The highest BCUT2D eigenvalue weighted by Crippen LogP contribution is 2.31. The first-order valence-electron chi connectivity index (χ1n) is 4.33. The Labute approximate surface area is 108 Å². The van der Waals surface area contributed by atoms with Gasteiger partial charge in [0.2, 0.25) is 5.91 Å². The monoisotopic (exact) mass is 353 g/mol. The number of hydrogen-bond donors (Lipinski definition) is 2. The van der Waals surface area contributed by atoms with Crippen LogP contribution in [0, 0.1) is 0 Å². The summed E-state index contributed by atoms with van der Waals surface area (Å²) in [6, 6.07) is 0.950. The molecule has 0 aliphatic rings. The molecule has 5 nitrogen and oxygen atoms in total. The Kier molecular flexibility index (Phi) is 4.55. The van der Waals surface area contributed by atoms with Crippen molar-refractivity contribution in [1.82, 2.24) is 5.32 Å². The van der Waals surface area contributed by atoms with Crippen LogP contribution in [0.5, 0.6) is 0 Å². The Morgan fingerprint density at radius 1 is 1.56 bits per heavy atom. The molecule has 1 amide bonds. The Bertz CT molecular complexity index is 380. The number of halogens is 2. The lowest BCUT2D eigenvalue weighted by molar-refractivity contribution is -0.137. The average Bonchev–Trinajstić information content (AvgIpc) is 2.44. The van der Waals surface area contributed by atoms with Crippen molar-refractivity contribution in [1.29, 1.82) is 0 Å². The molecule has 1 aromatic heterocycles. The summed E-state index contributed by atoms with van der Waals surface area (Å²) in [5.74, 6) is -0.936. The van der Waals surface area contributed by atoms with E-state index in [1.54, 1.807) is 6.07 Å². The summed E-state index contributed by atoms with van der Waals surface area (Å²) in [5.41, 5.74) is 0. The van der Waals surface area contributed by atoms with Crippen molar-refractivity contribution < 1.29 is 19.1 Å². The predicted octanol–water partition coefficient (Wildman–Crippen LogP) is 2.46. The molecule has 0 radical (unpaired) electrons. The summed E-state index contributed by atoms with van der Waals surface area (Å²) < 4.78 is 6.40. The molecule has 1 atom stereocenters. The minimum atomic E-state index is -1.01. The highest BCUT2D eigenvalue weighted by atomic mass is 79.9. The fraction of sp³-hybridized carbons (Fsp3) is 0.333. The van der Waals surface area contributed by atoms with Crippen LogP contribution in [0.15, 0.2) is 19.6 Å². The van der Waals surface area contributed by atoms with E-state index in [9.17, 15) is 9.59 Å². The lowest BCUT2D eigenvalue weighted by atomic mass is 10.1. The standard InChI is InChI=1S/C9H9Br2NO4/c1-4(13)12-6(3-8(14)15)7-2-5(10)9(11)16-7/h2,6H,3H2,1H3,(H,12,13)(H,14,15). The van der Waals surface area contributed by atoms with Crippen LogP contribution in [-0.2, 0) is 9.59 Å². The van der Waals surface area contributed by atoms with Crippen LogP contribution < -0.4 is 5.32 Å². The number of carbonyl (C=O) groups is 2. The van der Waals surface area contributed by atoms with Gasteiger partial charge in [0.25, 0.3) is 0 Å². The molecular formula is C9H9Br2NO4. The van der Waals surface area contributed by atoms with E-state index >= 15 is 0 Å². The molecule has 1 unspecified atom stereocenters. The highest BCUT2D eigenvalue weighted by Gasteiger charge is 2.21. The van der Waals surface area contributed by atoms with Crippen LogP contribution in [0.1, 0.15) is 25.1 Å². The Morgan fingerprint density at radius 2 is 2.19 bits per heavy atom. The maximum atomic E-state index is 10.9. The van der Waals surface area contributed by atoms with E-state index in [2.05, 4.69) is 37.2 Å². The number of carbonyl (C=O) groups excluding carboxylic acids is 1. The maximum absolute atomic E-state index is 10.9. The lowest BCUT2D eigenvalue weighted by Crippen LogP contribution is -2.27. The van der Waals surface area contributed by atoms with Gasteiger partial charge in [0.1, 0.15) is 5.76 Å². The zero-order valence-electron chi connectivity index (χ0n) is 8.29. The smallest absolute Gasteiger partial charge is 0.305 e. The van der Waals surface area contributed by atoms with Gasteiger partial charge in [0.15, 0.2) is 4.67 Å². The number of furan rings is 1. The van der Waals surface area contributed by atoms with Crippen LogP contribution >= 0.6 is 31.9 Å². The van der Waals surface area contributed by atoms with Gasteiger partial charge in [0.05, 0.1) is 16.9 Å². The Hall–Kier alpha value is -0.820. The van der Waals surface area contributed by atoms with Gasteiger partial charge in [-0.3, -0.25) is 9.59 Å². The number of amides is 1. The summed E-state index contributed by atoms with van der Waals surface area (Å²) in [4.78, 5) is 21.6. The summed E-state index contributed by atoms with van der Waals surface area (Å²) in [7, 11) is 0. The van der Waals surface area contributed by atoms with Gasteiger partial charge in [-0.1, -0.05) is 0 Å². The molecule has 0 bridgehead atoms. The Morgan fingerprint density at radius 3 is 2.56 bits per heavy atom. The summed E-state index contributed by atoms with van der Waals surface area (Å²) in [6.07, 6.45) is -0.230. The Balaban J connectivity index is 2.90. The topological polar surface area (TPSA) is 79.5 Å². The zero-order valence-corrected chi connectivity index (χ0v) is 11.5. The van der Waals surface area contributed by atoms with E-state index < -0.39 is 12.0 Å². The van der Waals surface area contributed by atoms with E-state index in [-0.39, 0.29) is 12.3 Å². The molecule has 0 fully saturated rings. The fourth-order valence-electron chi connectivity index (χ4n) is 1.18. The second kappa shape index (κ2) is 5.49. The summed E-state index contributed by atoms with van der Waals surface area (Å²) in [6.45, 7) is 1.32. The molecule has 0 saturated carbocycles. The van der Waals surface area contributed by atoms with Crippen molar-refractivity contribution >= 4 is 43.7 Å². The van der Waals surface area contributed by atoms with Crippen LogP contribution in [0.4, 0.5) is 0 Å². The van der Waals surface area contributed by atoms with E-state index in [4.69, 9.17) is 9.52 Å². The van der Waals surface area contributed by atoms with Gasteiger partial charge in [-0.15, -0.1) is 0 Å². The largest absolute Gasteiger partial charge is 0.481 e. The van der Waals surface area contributed by atoms with Gasteiger partial charge >= 0.3 is 5.97 Å². The van der Waals surface area contributed by atoms with E-state index in [0.29, 0.717) is 14.9 Å². The van der Waals surface area contributed by atoms with Gasteiger partial charge in [-0.2, -0.15) is 0 Å².